The third-order valence-electron chi connectivity index (χ3n) is 4.74. The molecule has 4 nitrogen and oxygen atoms in total. The second-order valence-corrected chi connectivity index (χ2v) is 8.22. The summed E-state index contributed by atoms with van der Waals surface area (Å²) in [5.74, 6) is 0. The van der Waals surface area contributed by atoms with Gasteiger partial charge < -0.3 is 4.55 Å². The maximum atomic E-state index is 11.1. The Morgan fingerprint density at radius 2 is 1.90 bits per heavy atom. The Hall–Kier alpha value is -1.20. The number of hydrogen-bond donors (Lipinski definition) is 0. The summed E-state index contributed by atoms with van der Waals surface area (Å²) >= 11 is 0. The summed E-state index contributed by atoms with van der Waals surface area (Å²) in [6.07, 6.45) is 0.340. The second kappa shape index (κ2) is 5.21. The molecule has 5 heteroatoms. The van der Waals surface area contributed by atoms with Crippen LogP contribution in [0, 0.1) is 6.92 Å². The van der Waals surface area contributed by atoms with Gasteiger partial charge in [-0.2, -0.15) is 4.58 Å². The molecule has 0 spiro atoms. The molecule has 21 heavy (non-hydrogen) atoms. The lowest BCUT2D eigenvalue weighted by molar-refractivity contribution is -0.439. The molecular formula is C16H23NO3S. The largest absolute Gasteiger partial charge is 0.748 e. The van der Waals surface area contributed by atoms with Crippen LogP contribution in [0.3, 0.4) is 0 Å². The van der Waals surface area contributed by atoms with E-state index in [4.69, 9.17) is 0 Å². The number of para-hydroxylation sites is 1. The fraction of sp³-hybridized carbons (Fsp3) is 0.562. The number of hydrogen-bond acceptors (Lipinski definition) is 3. The van der Waals surface area contributed by atoms with E-state index in [0.29, 0.717) is 13.0 Å². The van der Waals surface area contributed by atoms with Gasteiger partial charge in [0.25, 0.3) is 0 Å². The predicted octanol–water partition coefficient (Wildman–Crippen LogP) is 2.71. The third kappa shape index (κ3) is 2.77. The monoisotopic (exact) mass is 309 g/mol. The van der Waals surface area contributed by atoms with Crippen molar-refractivity contribution in [2.75, 3.05) is 6.54 Å². The van der Waals surface area contributed by atoms with Gasteiger partial charge in [-0.25, -0.2) is 8.42 Å². The van der Waals surface area contributed by atoms with Gasteiger partial charge in [0.1, 0.15) is 6.54 Å². The minimum absolute atomic E-state index is 0.0685. The van der Waals surface area contributed by atoms with Crippen LogP contribution >= 0.6 is 0 Å². The van der Waals surface area contributed by atoms with Gasteiger partial charge in [-0.15, -0.1) is 0 Å². The molecule has 0 fully saturated rings. The molecule has 1 aliphatic rings. The van der Waals surface area contributed by atoms with Gasteiger partial charge in [0.15, 0.2) is 5.71 Å². The van der Waals surface area contributed by atoms with Crippen LogP contribution in [0.5, 0.6) is 0 Å². The van der Waals surface area contributed by atoms with E-state index in [-0.39, 0.29) is 5.41 Å². The van der Waals surface area contributed by atoms with Crippen molar-refractivity contribution in [2.45, 2.75) is 51.7 Å². The first-order chi connectivity index (χ1) is 9.56. The van der Waals surface area contributed by atoms with E-state index >= 15 is 0 Å². The van der Waals surface area contributed by atoms with Crippen molar-refractivity contribution in [1.82, 2.24) is 0 Å². The molecule has 0 N–H and O–H groups in total. The normalized spacial score (nSPS) is 18.8. The summed E-state index contributed by atoms with van der Waals surface area (Å²) in [5.41, 5.74) is 4.73. The first-order valence-electron chi connectivity index (χ1n) is 7.23. The van der Waals surface area contributed by atoms with Crippen molar-refractivity contribution >= 4 is 21.5 Å². The van der Waals surface area contributed by atoms with Gasteiger partial charge in [0.2, 0.25) is 5.69 Å². The van der Waals surface area contributed by atoms with Crippen molar-refractivity contribution in [2.24, 2.45) is 0 Å². The maximum Gasteiger partial charge on any atom is 0.212 e. The van der Waals surface area contributed by atoms with Crippen molar-refractivity contribution < 1.29 is 17.5 Å². The van der Waals surface area contributed by atoms with E-state index in [1.165, 1.54) is 23.8 Å². The zero-order valence-corrected chi connectivity index (χ0v) is 14.1. The zero-order chi connectivity index (χ0) is 16.0. The summed E-state index contributed by atoms with van der Waals surface area (Å²) in [7, 11) is -4.21. The van der Waals surface area contributed by atoms with Gasteiger partial charge in [-0.1, -0.05) is 18.2 Å². The van der Waals surface area contributed by atoms with Crippen molar-refractivity contribution in [3.05, 3.63) is 29.3 Å². The molecule has 0 bridgehead atoms. The van der Waals surface area contributed by atoms with Gasteiger partial charge in [-0.3, -0.25) is 0 Å². The molecule has 1 aliphatic heterocycles. The molecule has 2 rings (SSSR count). The van der Waals surface area contributed by atoms with E-state index in [9.17, 15) is 13.0 Å². The quantitative estimate of drug-likeness (QED) is 0.634. The Kier molecular flexibility index (Phi) is 4.02. The van der Waals surface area contributed by atoms with Crippen molar-refractivity contribution in [3.8, 4) is 0 Å². The molecule has 116 valence electrons. The van der Waals surface area contributed by atoms with E-state index in [0.717, 1.165) is 5.69 Å². The van der Waals surface area contributed by atoms with Gasteiger partial charge in [-0.05, 0) is 27.7 Å². The van der Waals surface area contributed by atoms with Crippen LogP contribution in [0.15, 0.2) is 18.2 Å². The van der Waals surface area contributed by atoms with Gasteiger partial charge >= 0.3 is 0 Å². The lowest BCUT2D eigenvalue weighted by Crippen LogP contribution is -2.28. The lowest BCUT2D eigenvalue weighted by Gasteiger charge is -2.15. The van der Waals surface area contributed by atoms with Crippen LogP contribution in [-0.4, -0.2) is 35.1 Å². The highest BCUT2D eigenvalue weighted by molar-refractivity contribution is 7.86. The van der Waals surface area contributed by atoms with Crippen molar-refractivity contribution in [3.63, 3.8) is 0 Å². The number of benzene rings is 1. The fourth-order valence-electron chi connectivity index (χ4n) is 2.96. The highest BCUT2D eigenvalue weighted by Crippen LogP contribution is 2.41. The summed E-state index contributed by atoms with van der Waals surface area (Å²) in [5, 5.41) is -0.860. The zero-order valence-electron chi connectivity index (χ0n) is 13.3. The van der Waals surface area contributed by atoms with Gasteiger partial charge in [0, 0.05) is 24.5 Å². The fourth-order valence-corrected chi connectivity index (χ4v) is 3.35. The molecule has 0 aliphatic carbocycles. The first kappa shape index (κ1) is 16.2. The average Bonchev–Trinajstić information content (AvgIpc) is 2.56. The third-order valence-corrected chi connectivity index (χ3v) is 5.96. The molecule has 0 saturated heterocycles. The minimum atomic E-state index is -4.21. The first-order valence-corrected chi connectivity index (χ1v) is 8.70. The molecular weight excluding hydrogens is 286 g/mol. The molecule has 0 saturated carbocycles. The Morgan fingerprint density at radius 1 is 1.29 bits per heavy atom. The van der Waals surface area contributed by atoms with E-state index in [2.05, 4.69) is 50.5 Å². The molecule has 1 aromatic carbocycles. The number of rotatable bonds is 4. The van der Waals surface area contributed by atoms with Crippen LogP contribution < -0.4 is 0 Å². The van der Waals surface area contributed by atoms with Crippen LogP contribution in [0.4, 0.5) is 5.69 Å². The number of nitrogens with zero attached hydrogens (tertiary/aromatic N) is 1. The molecule has 0 aromatic heterocycles. The van der Waals surface area contributed by atoms with Crippen LogP contribution in [0.25, 0.3) is 0 Å². The second-order valence-electron chi connectivity index (χ2n) is 6.43. The molecule has 1 heterocycles. The maximum absolute atomic E-state index is 11.1. The average molecular weight is 309 g/mol. The minimum Gasteiger partial charge on any atom is -0.748 e. The SMILES string of the molecule is CC1=[N+](CCC(C)S(=O)(=O)[O-])c2c(C)cccc2C1(C)C. The van der Waals surface area contributed by atoms with E-state index in [1.807, 2.05) is 0 Å². The standard InChI is InChI=1S/C16H23NO3S/c1-11-7-6-8-14-15(11)17(13(3)16(14,4)5)10-9-12(2)21(18,19)20/h6-8,12H,9-10H2,1-5H3. The summed E-state index contributed by atoms with van der Waals surface area (Å²) < 4.78 is 35.4. The van der Waals surface area contributed by atoms with Crippen LogP contribution in [-0.2, 0) is 15.5 Å². The van der Waals surface area contributed by atoms with E-state index < -0.39 is 15.4 Å². The van der Waals surface area contributed by atoms with E-state index in [1.54, 1.807) is 0 Å². The smallest absolute Gasteiger partial charge is 0.212 e. The molecule has 1 atom stereocenters. The Balaban J connectivity index is 2.39. The van der Waals surface area contributed by atoms with Gasteiger partial charge in [0.05, 0.1) is 20.8 Å². The van der Waals surface area contributed by atoms with Crippen LogP contribution in [0.1, 0.15) is 45.2 Å². The predicted molar refractivity (Wildman–Crippen MR) is 83.4 cm³/mol. The summed E-state index contributed by atoms with van der Waals surface area (Å²) in [6.45, 7) is 10.5. The molecule has 1 unspecified atom stereocenters. The lowest BCUT2D eigenvalue weighted by atomic mass is 9.82. The topological polar surface area (TPSA) is 60.2 Å². The Bertz CT molecular complexity index is 702. The van der Waals surface area contributed by atoms with Crippen molar-refractivity contribution in [1.29, 1.82) is 0 Å². The molecule has 0 radical (unpaired) electrons. The number of aryl methyl sites for hydroxylation is 1. The van der Waals surface area contributed by atoms with Crippen LogP contribution in [0.2, 0.25) is 0 Å². The highest BCUT2D eigenvalue weighted by atomic mass is 32.2. The molecule has 1 aromatic rings. The highest BCUT2D eigenvalue weighted by Gasteiger charge is 2.43. The number of fused-ring (bicyclic) bond motifs is 1. The summed E-state index contributed by atoms with van der Waals surface area (Å²) in [6, 6.07) is 6.24. The molecule has 0 amide bonds. The Morgan fingerprint density at radius 3 is 2.48 bits per heavy atom. The Labute approximate surface area is 127 Å². The summed E-state index contributed by atoms with van der Waals surface area (Å²) in [4.78, 5) is 0.